The number of benzene rings is 1. The molecule has 0 aliphatic heterocycles. The largest absolute Gasteiger partial charge is 0.496 e. The van der Waals surface area contributed by atoms with Gasteiger partial charge in [-0.2, -0.15) is 0 Å². The molecule has 4 heteroatoms. The Morgan fingerprint density at radius 2 is 1.95 bits per heavy atom. The van der Waals surface area contributed by atoms with Gasteiger partial charge in [-0.25, -0.2) is 0 Å². The van der Waals surface area contributed by atoms with E-state index in [4.69, 9.17) is 4.74 Å². The maximum Gasteiger partial charge on any atom is 0.250 e. The molecule has 0 saturated heterocycles. The van der Waals surface area contributed by atoms with Gasteiger partial charge in [0.05, 0.1) is 7.11 Å². The fourth-order valence-corrected chi connectivity index (χ4v) is 1.95. The molecule has 0 fully saturated rings. The standard InChI is InChI=1S/C15H23NO3/c1-10-8-13(14(19-5)9-11(10)2)6-7-16(4)15(18)12(3)17/h8-9,12,17H,6-7H2,1-5H3. The van der Waals surface area contributed by atoms with Crippen molar-refractivity contribution in [1.29, 1.82) is 0 Å². The molecule has 0 heterocycles. The van der Waals surface area contributed by atoms with Gasteiger partial charge < -0.3 is 14.7 Å². The maximum atomic E-state index is 11.6. The van der Waals surface area contributed by atoms with E-state index >= 15 is 0 Å². The van der Waals surface area contributed by atoms with Crippen LogP contribution in [0.2, 0.25) is 0 Å². The number of amides is 1. The topological polar surface area (TPSA) is 49.8 Å². The summed E-state index contributed by atoms with van der Waals surface area (Å²) in [5.74, 6) is 0.587. The number of rotatable bonds is 5. The molecule has 1 aromatic carbocycles. The maximum absolute atomic E-state index is 11.6. The Hall–Kier alpha value is -1.55. The van der Waals surface area contributed by atoms with E-state index in [1.54, 1.807) is 19.1 Å². The molecule has 4 nitrogen and oxygen atoms in total. The molecule has 1 amide bonds. The summed E-state index contributed by atoms with van der Waals surface area (Å²) in [6.07, 6.45) is -0.245. The molecule has 0 aliphatic carbocycles. The third-order valence-electron chi connectivity index (χ3n) is 3.35. The van der Waals surface area contributed by atoms with Crippen LogP contribution in [0.15, 0.2) is 12.1 Å². The van der Waals surface area contributed by atoms with E-state index in [1.807, 2.05) is 13.0 Å². The van der Waals surface area contributed by atoms with E-state index in [-0.39, 0.29) is 5.91 Å². The Kier molecular flexibility index (Phi) is 5.36. The van der Waals surface area contributed by atoms with E-state index in [9.17, 15) is 9.90 Å². The Labute approximate surface area is 115 Å². The zero-order valence-electron chi connectivity index (χ0n) is 12.4. The molecule has 19 heavy (non-hydrogen) atoms. The van der Waals surface area contributed by atoms with Gasteiger partial charge in [0.25, 0.3) is 5.91 Å². The fourth-order valence-electron chi connectivity index (χ4n) is 1.95. The Balaban J connectivity index is 2.77. The number of aliphatic hydroxyl groups excluding tert-OH is 1. The number of aryl methyl sites for hydroxylation is 2. The van der Waals surface area contributed by atoms with E-state index in [2.05, 4.69) is 13.0 Å². The van der Waals surface area contributed by atoms with Crippen molar-refractivity contribution in [2.75, 3.05) is 20.7 Å². The summed E-state index contributed by atoms with van der Waals surface area (Å²) in [4.78, 5) is 13.1. The van der Waals surface area contributed by atoms with Crippen LogP contribution in [-0.2, 0) is 11.2 Å². The van der Waals surface area contributed by atoms with Crippen molar-refractivity contribution in [2.24, 2.45) is 0 Å². The molecule has 1 unspecified atom stereocenters. The normalized spacial score (nSPS) is 12.1. The van der Waals surface area contributed by atoms with Crippen LogP contribution in [0.1, 0.15) is 23.6 Å². The highest BCUT2D eigenvalue weighted by Crippen LogP contribution is 2.23. The zero-order valence-corrected chi connectivity index (χ0v) is 12.4. The summed E-state index contributed by atoms with van der Waals surface area (Å²) in [6.45, 7) is 6.14. The van der Waals surface area contributed by atoms with Crippen LogP contribution < -0.4 is 4.74 Å². The SMILES string of the molecule is COc1cc(C)c(C)cc1CCN(C)C(=O)C(C)O. The van der Waals surface area contributed by atoms with Crippen LogP contribution in [0.4, 0.5) is 0 Å². The minimum Gasteiger partial charge on any atom is -0.496 e. The van der Waals surface area contributed by atoms with Crippen molar-refractivity contribution < 1.29 is 14.6 Å². The first kappa shape index (κ1) is 15.5. The number of carbonyl (C=O) groups is 1. The lowest BCUT2D eigenvalue weighted by atomic mass is 10.0. The Morgan fingerprint density at radius 3 is 2.47 bits per heavy atom. The summed E-state index contributed by atoms with van der Waals surface area (Å²) >= 11 is 0. The second kappa shape index (κ2) is 6.57. The van der Waals surface area contributed by atoms with Gasteiger partial charge in [0, 0.05) is 13.6 Å². The Bertz CT molecular complexity index is 455. The van der Waals surface area contributed by atoms with E-state index < -0.39 is 6.10 Å². The first-order valence-corrected chi connectivity index (χ1v) is 6.44. The molecule has 0 radical (unpaired) electrons. The van der Waals surface area contributed by atoms with Crippen LogP contribution in [0.5, 0.6) is 5.75 Å². The van der Waals surface area contributed by atoms with Gasteiger partial charge in [-0.1, -0.05) is 6.07 Å². The molecule has 0 spiro atoms. The number of carbonyl (C=O) groups excluding carboxylic acids is 1. The second-order valence-electron chi connectivity index (χ2n) is 4.93. The van der Waals surface area contributed by atoms with Crippen molar-refractivity contribution in [2.45, 2.75) is 33.3 Å². The van der Waals surface area contributed by atoms with Gasteiger partial charge in [-0.15, -0.1) is 0 Å². The molecule has 1 atom stereocenters. The molecule has 0 aliphatic rings. The number of aliphatic hydroxyl groups is 1. The molecule has 1 aromatic rings. The van der Waals surface area contributed by atoms with Crippen molar-refractivity contribution in [1.82, 2.24) is 4.90 Å². The smallest absolute Gasteiger partial charge is 0.250 e. The van der Waals surface area contributed by atoms with Crippen LogP contribution in [0, 0.1) is 13.8 Å². The van der Waals surface area contributed by atoms with Gasteiger partial charge in [-0.3, -0.25) is 4.79 Å². The minimum atomic E-state index is -0.952. The van der Waals surface area contributed by atoms with E-state index in [1.165, 1.54) is 18.1 Å². The van der Waals surface area contributed by atoms with Gasteiger partial charge in [0.15, 0.2) is 0 Å². The highest BCUT2D eigenvalue weighted by atomic mass is 16.5. The van der Waals surface area contributed by atoms with Gasteiger partial charge in [0.1, 0.15) is 11.9 Å². The molecule has 1 rings (SSSR count). The summed E-state index contributed by atoms with van der Waals surface area (Å²) in [7, 11) is 3.35. The predicted molar refractivity (Wildman–Crippen MR) is 75.5 cm³/mol. The van der Waals surface area contributed by atoms with Crippen LogP contribution in [0.3, 0.4) is 0 Å². The number of likely N-dealkylation sites (N-methyl/N-ethyl adjacent to an activating group) is 1. The fraction of sp³-hybridized carbons (Fsp3) is 0.533. The zero-order chi connectivity index (χ0) is 14.6. The third-order valence-corrected chi connectivity index (χ3v) is 3.35. The van der Waals surface area contributed by atoms with Crippen molar-refractivity contribution in [3.63, 3.8) is 0 Å². The summed E-state index contributed by atoms with van der Waals surface area (Å²) in [6, 6.07) is 4.11. The molecule has 106 valence electrons. The lowest BCUT2D eigenvalue weighted by Gasteiger charge is -2.20. The molecule has 0 aromatic heterocycles. The number of hydrogen-bond acceptors (Lipinski definition) is 3. The number of ether oxygens (including phenoxy) is 1. The van der Waals surface area contributed by atoms with E-state index in [0.29, 0.717) is 13.0 Å². The molecular formula is C15H23NO3. The lowest BCUT2D eigenvalue weighted by Crippen LogP contribution is -2.36. The van der Waals surface area contributed by atoms with Crippen LogP contribution in [-0.4, -0.2) is 42.7 Å². The molecule has 0 saturated carbocycles. The quantitative estimate of drug-likeness (QED) is 0.881. The summed E-state index contributed by atoms with van der Waals surface area (Å²) in [5.41, 5.74) is 3.48. The van der Waals surface area contributed by atoms with E-state index in [0.717, 1.165) is 11.3 Å². The van der Waals surface area contributed by atoms with Gasteiger partial charge >= 0.3 is 0 Å². The highest BCUT2D eigenvalue weighted by molar-refractivity contribution is 5.79. The van der Waals surface area contributed by atoms with Crippen molar-refractivity contribution in [3.8, 4) is 5.75 Å². The second-order valence-corrected chi connectivity index (χ2v) is 4.93. The predicted octanol–water partition coefficient (Wildman–Crippen LogP) is 1.69. The first-order chi connectivity index (χ1) is 8.86. The van der Waals surface area contributed by atoms with Crippen molar-refractivity contribution >= 4 is 5.91 Å². The average Bonchev–Trinajstić information content (AvgIpc) is 2.38. The number of hydrogen-bond donors (Lipinski definition) is 1. The first-order valence-electron chi connectivity index (χ1n) is 6.44. The van der Waals surface area contributed by atoms with Crippen molar-refractivity contribution in [3.05, 3.63) is 28.8 Å². The average molecular weight is 265 g/mol. The van der Waals surface area contributed by atoms with Crippen LogP contribution >= 0.6 is 0 Å². The Morgan fingerprint density at radius 1 is 1.37 bits per heavy atom. The van der Waals surface area contributed by atoms with Gasteiger partial charge in [-0.05, 0) is 49.9 Å². The number of nitrogens with zero attached hydrogens (tertiary/aromatic N) is 1. The molecule has 1 N–H and O–H groups in total. The third kappa shape index (κ3) is 3.96. The molecule has 0 bridgehead atoms. The summed E-state index contributed by atoms with van der Waals surface area (Å²) < 4.78 is 5.37. The highest BCUT2D eigenvalue weighted by Gasteiger charge is 2.15. The van der Waals surface area contributed by atoms with Crippen LogP contribution in [0.25, 0.3) is 0 Å². The summed E-state index contributed by atoms with van der Waals surface area (Å²) in [5, 5.41) is 9.25. The monoisotopic (exact) mass is 265 g/mol. The lowest BCUT2D eigenvalue weighted by molar-refractivity contribution is -0.137. The van der Waals surface area contributed by atoms with Gasteiger partial charge in [0.2, 0.25) is 0 Å². The number of methoxy groups -OCH3 is 1. The minimum absolute atomic E-state index is 0.261. The molecular weight excluding hydrogens is 242 g/mol.